The number of nitrogens with zero attached hydrogens (tertiary/aromatic N) is 1. The third-order valence-electron chi connectivity index (χ3n) is 4.05. The topological polar surface area (TPSA) is 41.6 Å². The van der Waals surface area contributed by atoms with Crippen LogP contribution in [-0.2, 0) is 9.53 Å². The van der Waals surface area contributed by atoms with Gasteiger partial charge in [-0.15, -0.1) is 0 Å². The van der Waals surface area contributed by atoms with E-state index in [4.69, 9.17) is 4.74 Å². The maximum atomic E-state index is 13.2. The van der Waals surface area contributed by atoms with Crippen molar-refractivity contribution in [1.82, 2.24) is 4.90 Å². The first-order chi connectivity index (χ1) is 11.6. The van der Waals surface area contributed by atoms with Gasteiger partial charge in [0.25, 0.3) is 0 Å². The van der Waals surface area contributed by atoms with Gasteiger partial charge in [0, 0.05) is 12.2 Å². The molecular weight excluding hydrogens is 307 g/mol. The molecule has 3 rings (SSSR count). The summed E-state index contributed by atoms with van der Waals surface area (Å²) in [6, 6.07) is 16.0. The Morgan fingerprint density at radius 2 is 2.00 bits per heavy atom. The van der Waals surface area contributed by atoms with Gasteiger partial charge < -0.3 is 15.0 Å². The summed E-state index contributed by atoms with van der Waals surface area (Å²) in [5, 5.41) is 2.98. The van der Waals surface area contributed by atoms with E-state index in [0.717, 1.165) is 5.56 Å². The summed E-state index contributed by atoms with van der Waals surface area (Å²) in [6.45, 7) is 3.19. The van der Waals surface area contributed by atoms with Crippen LogP contribution in [0.5, 0.6) is 0 Å². The zero-order valence-corrected chi connectivity index (χ0v) is 13.6. The van der Waals surface area contributed by atoms with Crippen LogP contribution in [0.4, 0.5) is 10.1 Å². The van der Waals surface area contributed by atoms with Crippen molar-refractivity contribution >= 4 is 11.6 Å². The van der Waals surface area contributed by atoms with Gasteiger partial charge in [0.05, 0.1) is 19.2 Å². The lowest BCUT2D eigenvalue weighted by molar-refractivity contribution is -0.143. The van der Waals surface area contributed by atoms with Crippen molar-refractivity contribution in [3.05, 3.63) is 66.0 Å². The molecule has 1 fully saturated rings. The zero-order valence-electron chi connectivity index (χ0n) is 13.6. The molecule has 2 atom stereocenters. The molecule has 1 heterocycles. The number of hydrogen-bond donors (Lipinski definition) is 1. The van der Waals surface area contributed by atoms with Gasteiger partial charge in [-0.25, -0.2) is 4.39 Å². The molecule has 1 amide bonds. The molecule has 5 heteroatoms. The number of anilines is 1. The van der Waals surface area contributed by atoms with E-state index in [-0.39, 0.29) is 30.5 Å². The van der Waals surface area contributed by atoms with Crippen molar-refractivity contribution in [1.29, 1.82) is 0 Å². The van der Waals surface area contributed by atoms with E-state index in [9.17, 15) is 9.18 Å². The highest BCUT2D eigenvalue weighted by Gasteiger charge is 2.29. The van der Waals surface area contributed by atoms with Crippen LogP contribution in [0, 0.1) is 5.82 Å². The third-order valence-corrected chi connectivity index (χ3v) is 4.05. The molecular formula is C19H21FN2O2. The predicted octanol–water partition coefficient (Wildman–Crippen LogP) is 3.23. The lowest BCUT2D eigenvalue weighted by Crippen LogP contribution is -2.47. The van der Waals surface area contributed by atoms with Gasteiger partial charge >= 0.3 is 0 Å². The second kappa shape index (κ2) is 7.45. The van der Waals surface area contributed by atoms with E-state index >= 15 is 0 Å². The molecule has 0 spiro atoms. The third kappa shape index (κ3) is 4.11. The second-order valence-corrected chi connectivity index (χ2v) is 6.01. The predicted molar refractivity (Wildman–Crippen MR) is 91.2 cm³/mol. The Hall–Kier alpha value is -2.40. The van der Waals surface area contributed by atoms with E-state index in [2.05, 4.69) is 5.32 Å². The molecule has 1 saturated heterocycles. The molecule has 0 aromatic heterocycles. The highest BCUT2D eigenvalue weighted by Crippen LogP contribution is 2.25. The number of hydrogen-bond acceptors (Lipinski definition) is 3. The summed E-state index contributed by atoms with van der Waals surface area (Å²) in [5.74, 6) is -0.341. The van der Waals surface area contributed by atoms with Crippen LogP contribution in [-0.4, -0.2) is 36.5 Å². The molecule has 4 nitrogen and oxygen atoms in total. The Morgan fingerprint density at radius 3 is 2.75 bits per heavy atom. The fraction of sp³-hybridized carbons (Fsp3) is 0.316. The van der Waals surface area contributed by atoms with Crippen molar-refractivity contribution in [3.8, 4) is 0 Å². The number of carbonyl (C=O) groups is 1. The highest BCUT2D eigenvalue weighted by molar-refractivity contribution is 5.81. The largest absolute Gasteiger partial charge is 0.376 e. The maximum Gasteiger partial charge on any atom is 0.242 e. The molecule has 24 heavy (non-hydrogen) atoms. The fourth-order valence-electron chi connectivity index (χ4n) is 2.89. The van der Waals surface area contributed by atoms with Gasteiger partial charge in [-0.05, 0) is 30.7 Å². The summed E-state index contributed by atoms with van der Waals surface area (Å²) in [6.07, 6.45) is -0.143. The Labute approximate surface area is 141 Å². The summed E-state index contributed by atoms with van der Waals surface area (Å²) < 4.78 is 19.2. The van der Waals surface area contributed by atoms with Crippen molar-refractivity contribution in [2.45, 2.75) is 19.1 Å². The number of rotatable bonds is 4. The summed E-state index contributed by atoms with van der Waals surface area (Å²) >= 11 is 0. The number of benzene rings is 2. The monoisotopic (exact) mass is 328 g/mol. The van der Waals surface area contributed by atoms with Gasteiger partial charge in [-0.3, -0.25) is 4.79 Å². The molecule has 0 unspecified atom stereocenters. The minimum Gasteiger partial charge on any atom is -0.376 e. The first-order valence-corrected chi connectivity index (χ1v) is 8.09. The van der Waals surface area contributed by atoms with E-state index in [0.29, 0.717) is 18.8 Å². The van der Waals surface area contributed by atoms with Crippen molar-refractivity contribution < 1.29 is 13.9 Å². The van der Waals surface area contributed by atoms with Gasteiger partial charge in [0.1, 0.15) is 11.9 Å². The summed E-state index contributed by atoms with van der Waals surface area (Å²) in [7, 11) is 0. The number of morpholine rings is 1. The molecule has 0 saturated carbocycles. The minimum absolute atomic E-state index is 0.0182. The van der Waals surface area contributed by atoms with Gasteiger partial charge in [-0.2, -0.15) is 0 Å². The number of nitrogens with one attached hydrogen (secondary N) is 1. The number of amides is 1. The lowest BCUT2D eigenvalue weighted by atomic mass is 10.1. The Bertz CT molecular complexity index is 693. The number of halogens is 1. The average molecular weight is 328 g/mol. The van der Waals surface area contributed by atoms with E-state index in [1.807, 2.05) is 37.3 Å². The summed E-state index contributed by atoms with van der Waals surface area (Å²) in [4.78, 5) is 14.3. The Balaban J connectivity index is 1.61. The maximum absolute atomic E-state index is 13.2. The van der Waals surface area contributed by atoms with Crippen LogP contribution in [0.15, 0.2) is 54.6 Å². The molecule has 126 valence electrons. The molecule has 0 aliphatic carbocycles. The van der Waals surface area contributed by atoms with Crippen LogP contribution >= 0.6 is 0 Å². The molecule has 0 radical (unpaired) electrons. The number of ether oxygens (including phenoxy) is 1. The first-order valence-electron chi connectivity index (χ1n) is 8.09. The van der Waals surface area contributed by atoms with Crippen LogP contribution in [0.2, 0.25) is 0 Å². The molecule has 1 aliphatic heterocycles. The molecule has 2 aromatic carbocycles. The molecule has 0 bridgehead atoms. The van der Waals surface area contributed by atoms with Crippen molar-refractivity contribution in [2.75, 3.05) is 25.0 Å². The SMILES string of the molecule is C[C@H]1CN(C(=O)CNc2cccc(F)c2)C[C@@H](c2ccccc2)O1. The number of carbonyl (C=O) groups excluding carboxylic acids is 1. The fourth-order valence-corrected chi connectivity index (χ4v) is 2.89. The zero-order chi connectivity index (χ0) is 16.9. The van der Waals surface area contributed by atoms with Crippen LogP contribution in [0.3, 0.4) is 0 Å². The molecule has 1 N–H and O–H groups in total. The minimum atomic E-state index is -0.323. The summed E-state index contributed by atoms with van der Waals surface area (Å²) in [5.41, 5.74) is 1.67. The second-order valence-electron chi connectivity index (χ2n) is 6.01. The Morgan fingerprint density at radius 1 is 1.21 bits per heavy atom. The standard InChI is InChI=1S/C19H21FN2O2/c1-14-12-22(13-18(24-14)15-6-3-2-4-7-15)19(23)11-21-17-9-5-8-16(20)10-17/h2-10,14,18,21H,11-13H2,1H3/t14-,18-/m0/s1. The normalized spacial score (nSPS) is 20.7. The van der Waals surface area contributed by atoms with Gasteiger partial charge in [-0.1, -0.05) is 36.4 Å². The van der Waals surface area contributed by atoms with Crippen molar-refractivity contribution in [2.24, 2.45) is 0 Å². The van der Waals surface area contributed by atoms with Crippen LogP contribution in [0.25, 0.3) is 0 Å². The van der Waals surface area contributed by atoms with Gasteiger partial charge in [0.15, 0.2) is 0 Å². The molecule has 1 aliphatic rings. The van der Waals surface area contributed by atoms with Crippen molar-refractivity contribution in [3.63, 3.8) is 0 Å². The van der Waals surface area contributed by atoms with Crippen LogP contribution < -0.4 is 5.32 Å². The Kier molecular flexibility index (Phi) is 5.11. The van der Waals surface area contributed by atoms with Crippen LogP contribution in [0.1, 0.15) is 18.6 Å². The first kappa shape index (κ1) is 16.5. The quantitative estimate of drug-likeness (QED) is 0.937. The lowest BCUT2D eigenvalue weighted by Gasteiger charge is -2.37. The smallest absolute Gasteiger partial charge is 0.242 e. The van der Waals surface area contributed by atoms with E-state index in [1.54, 1.807) is 17.0 Å². The average Bonchev–Trinajstić information content (AvgIpc) is 2.60. The van der Waals surface area contributed by atoms with Gasteiger partial charge in [0.2, 0.25) is 5.91 Å². The highest BCUT2D eigenvalue weighted by atomic mass is 19.1. The molecule has 2 aromatic rings. The van der Waals surface area contributed by atoms with E-state index in [1.165, 1.54) is 12.1 Å². The van der Waals surface area contributed by atoms with E-state index < -0.39 is 0 Å².